The predicted molar refractivity (Wildman–Crippen MR) is 81.8 cm³/mol. The molecule has 1 aliphatic heterocycles. The molecule has 8 heteroatoms. The first kappa shape index (κ1) is 14.8. The molecule has 1 fully saturated rings. The van der Waals surface area contributed by atoms with Gasteiger partial charge in [-0.05, 0) is 31.9 Å². The number of hydrogen-bond acceptors (Lipinski definition) is 6. The number of anilines is 2. The van der Waals surface area contributed by atoms with Crippen LogP contribution in [0.1, 0.15) is 18.6 Å². The number of amides is 1. The molecule has 7 nitrogen and oxygen atoms in total. The Bertz CT molecular complexity index is 650. The van der Waals surface area contributed by atoms with Crippen LogP contribution in [0.5, 0.6) is 0 Å². The highest BCUT2D eigenvalue weighted by Crippen LogP contribution is 2.23. The molecule has 22 heavy (non-hydrogen) atoms. The van der Waals surface area contributed by atoms with Gasteiger partial charge in [-0.3, -0.25) is 4.79 Å². The molecule has 1 aliphatic rings. The largest absolute Gasteiger partial charge is 0.360 e. The minimum absolute atomic E-state index is 0.0184. The maximum atomic E-state index is 12.2. The minimum Gasteiger partial charge on any atom is -0.360 e. The van der Waals surface area contributed by atoms with E-state index in [4.69, 9.17) is 16.1 Å². The predicted octanol–water partition coefficient (Wildman–Crippen LogP) is 2.28. The molecule has 3 heterocycles. The lowest BCUT2D eigenvalue weighted by molar-refractivity contribution is -0.120. The van der Waals surface area contributed by atoms with E-state index in [2.05, 4.69) is 25.6 Å². The zero-order valence-electron chi connectivity index (χ0n) is 12.1. The number of aryl methyl sites for hydroxylation is 1. The third-order valence-corrected chi connectivity index (χ3v) is 3.89. The fraction of sp³-hybridized carbons (Fsp3) is 0.429. The van der Waals surface area contributed by atoms with Crippen molar-refractivity contribution in [3.63, 3.8) is 0 Å². The van der Waals surface area contributed by atoms with Crippen LogP contribution in [0.3, 0.4) is 0 Å². The second-order valence-electron chi connectivity index (χ2n) is 5.29. The van der Waals surface area contributed by atoms with Crippen molar-refractivity contribution in [2.24, 2.45) is 5.92 Å². The number of piperidine rings is 1. The lowest BCUT2D eigenvalue weighted by atomic mass is 9.96. The highest BCUT2D eigenvalue weighted by atomic mass is 35.5. The summed E-state index contributed by atoms with van der Waals surface area (Å²) < 4.78 is 4.94. The van der Waals surface area contributed by atoms with Crippen molar-refractivity contribution < 1.29 is 9.32 Å². The Morgan fingerprint density at radius 2 is 2.14 bits per heavy atom. The van der Waals surface area contributed by atoms with E-state index in [1.54, 1.807) is 19.1 Å². The average molecular weight is 322 g/mol. The standard InChI is InChI=1S/C14H16ClN5O2/c1-9-8-12(19-22-9)16-14(21)10-4-6-20(7-5-10)13-3-2-11(15)17-18-13/h2-3,8,10H,4-7H2,1H3,(H,16,19,21). The molecule has 0 radical (unpaired) electrons. The van der Waals surface area contributed by atoms with Crippen molar-refractivity contribution in [2.75, 3.05) is 23.3 Å². The van der Waals surface area contributed by atoms with E-state index >= 15 is 0 Å². The summed E-state index contributed by atoms with van der Waals surface area (Å²) in [5.41, 5.74) is 0. The monoisotopic (exact) mass is 321 g/mol. The van der Waals surface area contributed by atoms with Gasteiger partial charge in [0.1, 0.15) is 5.76 Å². The van der Waals surface area contributed by atoms with Crippen LogP contribution in [0.4, 0.5) is 11.6 Å². The highest BCUT2D eigenvalue weighted by molar-refractivity contribution is 6.29. The number of nitrogens with zero attached hydrogens (tertiary/aromatic N) is 4. The number of aromatic nitrogens is 3. The maximum Gasteiger partial charge on any atom is 0.228 e. The van der Waals surface area contributed by atoms with E-state index < -0.39 is 0 Å². The van der Waals surface area contributed by atoms with Gasteiger partial charge in [-0.1, -0.05) is 16.8 Å². The normalized spacial score (nSPS) is 15.8. The Hall–Kier alpha value is -2.15. The Balaban J connectivity index is 1.54. The summed E-state index contributed by atoms with van der Waals surface area (Å²) in [5, 5.41) is 14.8. The van der Waals surface area contributed by atoms with E-state index in [0.717, 1.165) is 31.7 Å². The maximum absolute atomic E-state index is 12.2. The number of nitrogens with one attached hydrogen (secondary N) is 1. The first-order valence-corrected chi connectivity index (χ1v) is 7.48. The topological polar surface area (TPSA) is 84.2 Å². The summed E-state index contributed by atoms with van der Waals surface area (Å²) in [7, 11) is 0. The van der Waals surface area contributed by atoms with E-state index in [9.17, 15) is 4.79 Å². The second-order valence-corrected chi connectivity index (χ2v) is 5.67. The summed E-state index contributed by atoms with van der Waals surface area (Å²) in [4.78, 5) is 14.3. The molecule has 0 atom stereocenters. The van der Waals surface area contributed by atoms with Gasteiger partial charge in [0.2, 0.25) is 5.91 Å². The molecule has 116 valence electrons. The third-order valence-electron chi connectivity index (χ3n) is 3.69. The highest BCUT2D eigenvalue weighted by Gasteiger charge is 2.26. The molecular formula is C14H16ClN5O2. The van der Waals surface area contributed by atoms with Crippen molar-refractivity contribution in [3.05, 3.63) is 29.1 Å². The molecule has 2 aromatic heterocycles. The van der Waals surface area contributed by atoms with Crippen LogP contribution in [0, 0.1) is 12.8 Å². The van der Waals surface area contributed by atoms with Crippen LogP contribution in [0.15, 0.2) is 22.7 Å². The SMILES string of the molecule is Cc1cc(NC(=O)C2CCN(c3ccc(Cl)nn3)CC2)no1. The number of carbonyl (C=O) groups is 1. The summed E-state index contributed by atoms with van der Waals surface area (Å²) in [5.74, 6) is 1.87. The molecular weight excluding hydrogens is 306 g/mol. The Kier molecular flexibility index (Phi) is 4.24. The van der Waals surface area contributed by atoms with Crippen LogP contribution in [-0.4, -0.2) is 34.4 Å². The van der Waals surface area contributed by atoms with Gasteiger partial charge in [-0.15, -0.1) is 10.2 Å². The second kappa shape index (κ2) is 6.31. The minimum atomic E-state index is -0.0338. The van der Waals surface area contributed by atoms with Crippen LogP contribution < -0.4 is 10.2 Å². The van der Waals surface area contributed by atoms with Gasteiger partial charge in [0, 0.05) is 25.1 Å². The summed E-state index contributed by atoms with van der Waals surface area (Å²) >= 11 is 5.74. The lowest BCUT2D eigenvalue weighted by Gasteiger charge is -2.31. The Morgan fingerprint density at radius 3 is 2.73 bits per heavy atom. The van der Waals surface area contributed by atoms with Gasteiger partial charge in [0.25, 0.3) is 0 Å². The lowest BCUT2D eigenvalue weighted by Crippen LogP contribution is -2.38. The Morgan fingerprint density at radius 1 is 1.36 bits per heavy atom. The van der Waals surface area contributed by atoms with E-state index in [1.807, 2.05) is 6.07 Å². The number of rotatable bonds is 3. The molecule has 1 amide bonds. The van der Waals surface area contributed by atoms with Gasteiger partial charge in [0.05, 0.1) is 0 Å². The Labute approximate surface area is 132 Å². The molecule has 0 aliphatic carbocycles. The smallest absolute Gasteiger partial charge is 0.228 e. The van der Waals surface area contributed by atoms with Gasteiger partial charge in [0.15, 0.2) is 16.8 Å². The zero-order valence-corrected chi connectivity index (χ0v) is 12.9. The summed E-state index contributed by atoms with van der Waals surface area (Å²) in [6.07, 6.45) is 1.51. The number of halogens is 1. The van der Waals surface area contributed by atoms with Crippen LogP contribution in [-0.2, 0) is 4.79 Å². The van der Waals surface area contributed by atoms with Gasteiger partial charge >= 0.3 is 0 Å². The van der Waals surface area contributed by atoms with Gasteiger partial charge < -0.3 is 14.7 Å². The molecule has 0 unspecified atom stereocenters. The first-order valence-electron chi connectivity index (χ1n) is 7.10. The van der Waals surface area contributed by atoms with Crippen LogP contribution in [0.2, 0.25) is 5.15 Å². The van der Waals surface area contributed by atoms with E-state index in [0.29, 0.717) is 16.7 Å². The molecule has 0 bridgehead atoms. The van der Waals surface area contributed by atoms with Crippen molar-refractivity contribution in [3.8, 4) is 0 Å². The van der Waals surface area contributed by atoms with Crippen molar-refractivity contribution >= 4 is 29.1 Å². The van der Waals surface area contributed by atoms with Crippen molar-refractivity contribution in [2.45, 2.75) is 19.8 Å². The van der Waals surface area contributed by atoms with E-state index in [-0.39, 0.29) is 11.8 Å². The fourth-order valence-corrected chi connectivity index (χ4v) is 2.60. The van der Waals surface area contributed by atoms with E-state index in [1.165, 1.54) is 0 Å². The number of hydrogen-bond donors (Lipinski definition) is 1. The van der Waals surface area contributed by atoms with Crippen molar-refractivity contribution in [1.82, 2.24) is 15.4 Å². The van der Waals surface area contributed by atoms with Gasteiger partial charge in [-0.2, -0.15) is 0 Å². The van der Waals surface area contributed by atoms with Crippen LogP contribution >= 0.6 is 11.6 Å². The van der Waals surface area contributed by atoms with Crippen molar-refractivity contribution in [1.29, 1.82) is 0 Å². The molecule has 0 spiro atoms. The van der Waals surface area contributed by atoms with Gasteiger partial charge in [-0.25, -0.2) is 0 Å². The van der Waals surface area contributed by atoms with Crippen LogP contribution in [0.25, 0.3) is 0 Å². The molecule has 1 saturated heterocycles. The fourth-order valence-electron chi connectivity index (χ4n) is 2.50. The molecule has 0 saturated carbocycles. The molecule has 0 aromatic carbocycles. The summed E-state index contributed by atoms with van der Waals surface area (Å²) in [6, 6.07) is 5.26. The summed E-state index contributed by atoms with van der Waals surface area (Å²) in [6.45, 7) is 3.30. The first-order chi connectivity index (χ1) is 10.6. The molecule has 2 aromatic rings. The third kappa shape index (κ3) is 3.36. The zero-order chi connectivity index (χ0) is 15.5. The number of carbonyl (C=O) groups excluding carboxylic acids is 1. The molecule has 1 N–H and O–H groups in total. The average Bonchev–Trinajstić information content (AvgIpc) is 2.93. The molecule has 3 rings (SSSR count). The quantitative estimate of drug-likeness (QED) is 0.933.